The summed E-state index contributed by atoms with van der Waals surface area (Å²) in [5.74, 6) is 5.09. The first-order chi connectivity index (χ1) is 22.0. The number of allylic oxidation sites excluding steroid dienone is 3. The largest absolute Gasteiger partial charge is 0.478 e. The van der Waals surface area contributed by atoms with Crippen LogP contribution in [0.4, 0.5) is 0 Å². The fourth-order valence-corrected chi connectivity index (χ4v) is 12.2. The number of aliphatic carboxylic acids is 1. The normalized spacial score (nSPS) is 38.8. The Morgan fingerprint density at radius 1 is 0.915 bits per heavy atom. The summed E-state index contributed by atoms with van der Waals surface area (Å²) in [7, 11) is 0. The molecule has 1 amide bonds. The van der Waals surface area contributed by atoms with E-state index in [4.69, 9.17) is 0 Å². The molecule has 0 heterocycles. The number of carbonyl (C=O) groups excluding carboxylic acids is 1. The Kier molecular flexibility index (Phi) is 12.1. The van der Waals surface area contributed by atoms with Gasteiger partial charge in [0.25, 0.3) is 0 Å². The molecule has 266 valence electrons. The molecule has 4 aliphatic carbocycles. The van der Waals surface area contributed by atoms with E-state index in [1.807, 2.05) is 19.9 Å². The predicted molar refractivity (Wildman–Crippen MR) is 196 cm³/mol. The molecule has 5 nitrogen and oxygen atoms in total. The van der Waals surface area contributed by atoms with Gasteiger partial charge in [0, 0.05) is 11.6 Å². The van der Waals surface area contributed by atoms with Gasteiger partial charge in [-0.2, -0.15) is 0 Å². The van der Waals surface area contributed by atoms with Crippen LogP contribution in [0.3, 0.4) is 0 Å². The van der Waals surface area contributed by atoms with Gasteiger partial charge in [-0.15, -0.1) is 0 Å². The van der Waals surface area contributed by atoms with Crippen molar-refractivity contribution in [1.82, 2.24) is 10.6 Å². The topological polar surface area (TPSA) is 78.4 Å². The maximum Gasteiger partial charge on any atom is 0.335 e. The van der Waals surface area contributed by atoms with Crippen LogP contribution in [-0.4, -0.2) is 35.1 Å². The van der Waals surface area contributed by atoms with E-state index in [9.17, 15) is 14.7 Å². The summed E-state index contributed by atoms with van der Waals surface area (Å²) in [6, 6.07) is 0.170. The van der Waals surface area contributed by atoms with Gasteiger partial charge in [0.2, 0.25) is 5.91 Å². The van der Waals surface area contributed by atoms with E-state index >= 15 is 0 Å². The zero-order chi connectivity index (χ0) is 34.9. The van der Waals surface area contributed by atoms with Gasteiger partial charge in [-0.05, 0) is 149 Å². The second-order valence-corrected chi connectivity index (χ2v) is 18.1. The molecule has 10 atom stereocenters. The SMILES string of the molecule is C=C(C=CC(=CC)C(=O)O)C1CCC2(C)C(CCC3C(C)CCC4(NCC(=O)NC(C)C)CCC(C(C)C)C34)C(C)CCC2C1(C)C. The second kappa shape index (κ2) is 14.9. The van der Waals surface area contributed by atoms with Crippen LogP contribution in [0.2, 0.25) is 0 Å². The molecular weight excluding hydrogens is 580 g/mol. The van der Waals surface area contributed by atoms with Crippen molar-refractivity contribution in [3.8, 4) is 0 Å². The van der Waals surface area contributed by atoms with Crippen molar-refractivity contribution in [2.75, 3.05) is 6.54 Å². The molecular formula is C42H70N2O3. The summed E-state index contributed by atoms with van der Waals surface area (Å²) in [6.07, 6.45) is 17.8. The first kappa shape index (κ1) is 37.9. The minimum atomic E-state index is -0.884. The predicted octanol–water partition coefficient (Wildman–Crippen LogP) is 9.60. The minimum absolute atomic E-state index is 0.0897. The van der Waals surface area contributed by atoms with Crippen molar-refractivity contribution >= 4 is 11.9 Å². The Morgan fingerprint density at radius 3 is 2.21 bits per heavy atom. The van der Waals surface area contributed by atoms with E-state index in [1.165, 1.54) is 57.8 Å². The summed E-state index contributed by atoms with van der Waals surface area (Å²) >= 11 is 0. The number of carbonyl (C=O) groups is 2. The summed E-state index contributed by atoms with van der Waals surface area (Å²) in [5, 5.41) is 16.6. The van der Waals surface area contributed by atoms with Crippen molar-refractivity contribution in [2.45, 2.75) is 145 Å². The van der Waals surface area contributed by atoms with Crippen LogP contribution in [-0.2, 0) is 9.59 Å². The van der Waals surface area contributed by atoms with Crippen molar-refractivity contribution in [3.63, 3.8) is 0 Å². The Hall–Kier alpha value is -1.88. The molecule has 4 saturated carbocycles. The Balaban J connectivity index is 1.54. The minimum Gasteiger partial charge on any atom is -0.478 e. The molecule has 0 saturated heterocycles. The molecule has 4 rings (SSSR count). The quantitative estimate of drug-likeness (QED) is 0.145. The summed E-state index contributed by atoms with van der Waals surface area (Å²) < 4.78 is 0. The molecule has 0 bridgehead atoms. The highest BCUT2D eigenvalue weighted by atomic mass is 16.4. The maximum absolute atomic E-state index is 12.8. The lowest BCUT2D eigenvalue weighted by atomic mass is 9.43. The molecule has 0 aromatic heterocycles. The van der Waals surface area contributed by atoms with Crippen molar-refractivity contribution < 1.29 is 14.7 Å². The molecule has 0 aliphatic heterocycles. The number of hydrogen-bond donors (Lipinski definition) is 3. The average molecular weight is 651 g/mol. The van der Waals surface area contributed by atoms with Gasteiger partial charge < -0.3 is 15.7 Å². The molecule has 3 N–H and O–H groups in total. The maximum atomic E-state index is 12.8. The van der Waals surface area contributed by atoms with Crippen molar-refractivity contribution in [3.05, 3.63) is 36.0 Å². The molecule has 0 aromatic carbocycles. The van der Waals surface area contributed by atoms with E-state index in [-0.39, 0.29) is 22.9 Å². The number of rotatable bonds is 12. The van der Waals surface area contributed by atoms with Gasteiger partial charge in [-0.3, -0.25) is 4.79 Å². The van der Waals surface area contributed by atoms with Crippen LogP contribution in [0.5, 0.6) is 0 Å². The monoisotopic (exact) mass is 651 g/mol. The Labute approximate surface area is 288 Å². The lowest BCUT2D eigenvalue weighted by Gasteiger charge is -2.62. The molecule has 0 radical (unpaired) electrons. The third-order valence-corrected chi connectivity index (χ3v) is 14.5. The summed E-state index contributed by atoms with van der Waals surface area (Å²) in [5.41, 5.74) is 1.90. The number of fused-ring (bicyclic) bond motifs is 2. The molecule has 10 unspecified atom stereocenters. The number of carboxylic acids is 1. The standard InChI is InChI=1S/C42H70N2O3/c1-12-31(39(46)47)15-13-29(7)34-21-22-41(11)35(30(8)14-18-36(41)40(34,9)10)17-16-33-28(6)19-23-42(43-25-37(45)44-27(4)5)24-20-32(26(2)3)38(33)42/h12-13,15,26-28,30,32-36,38,43H,7,14,16-25H2,1-6,8-11H3,(H,44,45)(H,46,47). The van der Waals surface area contributed by atoms with Crippen molar-refractivity contribution in [1.29, 1.82) is 0 Å². The summed E-state index contributed by atoms with van der Waals surface area (Å²) in [6.45, 7) is 28.3. The van der Waals surface area contributed by atoms with Crippen LogP contribution in [0.15, 0.2) is 36.0 Å². The smallest absolute Gasteiger partial charge is 0.335 e. The lowest BCUT2D eigenvalue weighted by Crippen LogP contribution is -2.58. The van der Waals surface area contributed by atoms with Crippen LogP contribution in [0, 0.1) is 64.1 Å². The second-order valence-electron chi connectivity index (χ2n) is 18.1. The van der Waals surface area contributed by atoms with E-state index in [1.54, 1.807) is 19.1 Å². The van der Waals surface area contributed by atoms with Crippen molar-refractivity contribution in [2.24, 2.45) is 64.1 Å². The molecule has 47 heavy (non-hydrogen) atoms. The highest BCUT2D eigenvalue weighted by Crippen LogP contribution is 2.65. The van der Waals surface area contributed by atoms with Gasteiger partial charge in [-0.25, -0.2) is 4.79 Å². The molecule has 0 aromatic rings. The zero-order valence-corrected chi connectivity index (χ0v) is 31.8. The summed E-state index contributed by atoms with van der Waals surface area (Å²) in [4.78, 5) is 24.4. The van der Waals surface area contributed by atoms with Crippen LogP contribution in [0.25, 0.3) is 0 Å². The molecule has 4 aliphatic rings. The Bertz CT molecular complexity index is 1200. The van der Waals surface area contributed by atoms with Crippen LogP contribution in [0.1, 0.15) is 133 Å². The van der Waals surface area contributed by atoms with Gasteiger partial charge in [0.1, 0.15) is 0 Å². The fourth-order valence-electron chi connectivity index (χ4n) is 12.2. The van der Waals surface area contributed by atoms with Gasteiger partial charge >= 0.3 is 5.97 Å². The first-order valence-corrected chi connectivity index (χ1v) is 19.3. The number of carboxylic acid groups (broad SMARTS) is 1. The third kappa shape index (κ3) is 7.65. The van der Waals surface area contributed by atoms with Gasteiger partial charge in [0.05, 0.1) is 12.1 Å². The highest BCUT2D eigenvalue weighted by molar-refractivity contribution is 5.89. The van der Waals surface area contributed by atoms with Gasteiger partial charge in [-0.1, -0.05) is 79.2 Å². The number of nitrogens with one attached hydrogen (secondary N) is 2. The fraction of sp³-hybridized carbons (Fsp3) is 0.810. The molecule has 0 spiro atoms. The van der Waals surface area contributed by atoms with Crippen LogP contribution >= 0.6 is 0 Å². The Morgan fingerprint density at radius 2 is 1.60 bits per heavy atom. The first-order valence-electron chi connectivity index (χ1n) is 19.3. The highest BCUT2D eigenvalue weighted by Gasteiger charge is 2.58. The number of hydrogen-bond acceptors (Lipinski definition) is 3. The number of amides is 1. The van der Waals surface area contributed by atoms with E-state index in [2.05, 4.69) is 65.7 Å². The van der Waals surface area contributed by atoms with E-state index < -0.39 is 5.97 Å². The van der Waals surface area contributed by atoms with Crippen LogP contribution < -0.4 is 10.6 Å². The molecule has 4 fully saturated rings. The zero-order valence-electron chi connectivity index (χ0n) is 31.8. The van der Waals surface area contributed by atoms with Gasteiger partial charge in [0.15, 0.2) is 0 Å². The lowest BCUT2D eigenvalue weighted by molar-refractivity contribution is -0.132. The third-order valence-electron chi connectivity index (χ3n) is 14.5. The van der Waals surface area contributed by atoms with E-state index in [0.717, 1.165) is 23.8 Å². The molecule has 5 heteroatoms. The average Bonchev–Trinajstić information content (AvgIpc) is 3.36. The van der Waals surface area contributed by atoms with E-state index in [0.29, 0.717) is 59.0 Å².